The molecule has 0 N–H and O–H groups in total. The van der Waals surface area contributed by atoms with Gasteiger partial charge in [0.1, 0.15) is 11.3 Å². The summed E-state index contributed by atoms with van der Waals surface area (Å²) in [5, 5.41) is 4.84. The van der Waals surface area contributed by atoms with E-state index in [0.717, 1.165) is 10.9 Å². The first-order valence-corrected chi connectivity index (χ1v) is 6.87. The van der Waals surface area contributed by atoms with E-state index < -0.39 is 5.63 Å². The van der Waals surface area contributed by atoms with Gasteiger partial charge in [-0.05, 0) is 12.1 Å². The van der Waals surface area contributed by atoms with Crippen molar-refractivity contribution >= 4 is 11.0 Å². The van der Waals surface area contributed by atoms with Gasteiger partial charge in [0.15, 0.2) is 5.76 Å². The summed E-state index contributed by atoms with van der Waals surface area (Å²) in [5.41, 5.74) is 1.91. The molecule has 0 aliphatic heterocycles. The van der Waals surface area contributed by atoms with E-state index >= 15 is 0 Å². The van der Waals surface area contributed by atoms with Crippen LogP contribution >= 0.6 is 0 Å². The van der Waals surface area contributed by atoms with Crippen LogP contribution in [0.3, 0.4) is 0 Å². The van der Waals surface area contributed by atoms with Crippen molar-refractivity contribution in [1.29, 1.82) is 0 Å². The van der Waals surface area contributed by atoms with Crippen LogP contribution < -0.4 is 5.63 Å². The van der Waals surface area contributed by atoms with Gasteiger partial charge in [-0.3, -0.25) is 0 Å². The Balaban J connectivity index is 1.84. The van der Waals surface area contributed by atoms with Crippen molar-refractivity contribution in [3.63, 3.8) is 0 Å². The van der Waals surface area contributed by atoms with E-state index in [0.29, 0.717) is 22.6 Å². The third kappa shape index (κ3) is 2.11. The van der Waals surface area contributed by atoms with Crippen LogP contribution in [0.25, 0.3) is 33.6 Å². The fourth-order valence-electron chi connectivity index (χ4n) is 2.38. The van der Waals surface area contributed by atoms with Crippen LogP contribution in [0.4, 0.5) is 0 Å². The number of rotatable bonds is 2. The maximum Gasteiger partial charge on any atom is 0.345 e. The van der Waals surface area contributed by atoms with Gasteiger partial charge in [-0.15, -0.1) is 0 Å². The van der Waals surface area contributed by atoms with Crippen LogP contribution in [0, 0.1) is 0 Å². The normalized spacial score (nSPS) is 10.9. The lowest BCUT2D eigenvalue weighted by Crippen LogP contribution is -2.02. The second-order valence-electron chi connectivity index (χ2n) is 4.93. The first-order chi connectivity index (χ1) is 10.8. The molecule has 0 fully saturated rings. The molecule has 4 nitrogen and oxygen atoms in total. The summed E-state index contributed by atoms with van der Waals surface area (Å²) in [7, 11) is 0. The van der Waals surface area contributed by atoms with E-state index in [4.69, 9.17) is 8.94 Å². The number of aromatic nitrogens is 1. The van der Waals surface area contributed by atoms with E-state index in [2.05, 4.69) is 5.16 Å². The summed E-state index contributed by atoms with van der Waals surface area (Å²) in [6.07, 6.45) is 0. The highest BCUT2D eigenvalue weighted by atomic mass is 16.5. The molecule has 2 aromatic carbocycles. The maximum atomic E-state index is 12.1. The molecule has 0 bridgehead atoms. The summed E-state index contributed by atoms with van der Waals surface area (Å²) in [4.78, 5) is 12.1. The quantitative estimate of drug-likeness (QED) is 0.521. The number of para-hydroxylation sites is 1. The van der Waals surface area contributed by atoms with Crippen LogP contribution in [-0.4, -0.2) is 5.16 Å². The van der Waals surface area contributed by atoms with Crippen LogP contribution in [0.1, 0.15) is 0 Å². The van der Waals surface area contributed by atoms with Crippen LogP contribution in [0.5, 0.6) is 0 Å². The van der Waals surface area contributed by atoms with Crippen LogP contribution in [-0.2, 0) is 0 Å². The predicted octanol–water partition coefficient (Wildman–Crippen LogP) is 4.12. The number of benzene rings is 2. The molecular formula is C18H11NO3. The van der Waals surface area contributed by atoms with Gasteiger partial charge in [-0.1, -0.05) is 53.7 Å². The molecule has 0 amide bonds. The van der Waals surface area contributed by atoms with Gasteiger partial charge in [0.05, 0.1) is 5.56 Å². The minimum Gasteiger partial charge on any atom is -0.422 e. The number of hydrogen-bond acceptors (Lipinski definition) is 4. The summed E-state index contributed by atoms with van der Waals surface area (Å²) >= 11 is 0. The van der Waals surface area contributed by atoms with Gasteiger partial charge in [-0.2, -0.15) is 0 Å². The average Bonchev–Trinajstić information content (AvgIpc) is 3.05. The Morgan fingerprint density at radius 2 is 1.64 bits per heavy atom. The van der Waals surface area contributed by atoms with Gasteiger partial charge in [0.2, 0.25) is 0 Å². The number of fused-ring (bicyclic) bond motifs is 1. The fraction of sp³-hybridized carbons (Fsp3) is 0. The van der Waals surface area contributed by atoms with E-state index in [1.165, 1.54) is 0 Å². The molecule has 2 aromatic heterocycles. The van der Waals surface area contributed by atoms with Gasteiger partial charge < -0.3 is 8.94 Å². The Morgan fingerprint density at radius 1 is 0.864 bits per heavy atom. The number of nitrogens with zero attached hydrogens (tertiary/aromatic N) is 1. The van der Waals surface area contributed by atoms with Crippen molar-refractivity contribution in [2.45, 2.75) is 0 Å². The highest BCUT2D eigenvalue weighted by Crippen LogP contribution is 2.25. The Hall–Kier alpha value is -3.14. The topological polar surface area (TPSA) is 56.2 Å². The highest BCUT2D eigenvalue weighted by molar-refractivity contribution is 5.81. The Kier molecular flexibility index (Phi) is 2.86. The van der Waals surface area contributed by atoms with Crippen molar-refractivity contribution < 1.29 is 8.94 Å². The largest absolute Gasteiger partial charge is 0.422 e. The molecule has 0 radical (unpaired) electrons. The molecule has 0 atom stereocenters. The molecule has 2 heterocycles. The zero-order valence-corrected chi connectivity index (χ0v) is 11.5. The molecular weight excluding hydrogens is 278 g/mol. The second-order valence-corrected chi connectivity index (χ2v) is 4.93. The Bertz CT molecular complexity index is 999. The van der Waals surface area contributed by atoms with Crippen molar-refractivity contribution in [1.82, 2.24) is 5.16 Å². The first-order valence-electron chi connectivity index (χ1n) is 6.87. The minimum absolute atomic E-state index is 0.393. The summed E-state index contributed by atoms with van der Waals surface area (Å²) in [6.45, 7) is 0. The predicted molar refractivity (Wildman–Crippen MR) is 83.4 cm³/mol. The lowest BCUT2D eigenvalue weighted by atomic mass is 10.1. The zero-order chi connectivity index (χ0) is 14.9. The smallest absolute Gasteiger partial charge is 0.345 e. The molecule has 106 valence electrons. The highest BCUT2D eigenvalue weighted by Gasteiger charge is 2.13. The minimum atomic E-state index is -0.424. The molecule has 4 heteroatoms. The van der Waals surface area contributed by atoms with Crippen molar-refractivity contribution in [2.75, 3.05) is 0 Å². The molecule has 22 heavy (non-hydrogen) atoms. The van der Waals surface area contributed by atoms with Crippen molar-refractivity contribution in [3.8, 4) is 22.6 Å². The molecule has 0 unspecified atom stereocenters. The summed E-state index contributed by atoms with van der Waals surface area (Å²) < 4.78 is 10.7. The standard InChI is InChI=1S/C18H11NO3/c20-18-14(10-13-8-4-5-9-16(13)21-18)15-11-17(22-19-15)12-6-2-1-3-7-12/h1-11H. The molecule has 0 spiro atoms. The van der Waals surface area contributed by atoms with Gasteiger partial charge in [0.25, 0.3) is 0 Å². The van der Waals surface area contributed by atoms with Crippen LogP contribution in [0.15, 0.2) is 80.5 Å². The van der Waals surface area contributed by atoms with E-state index in [1.54, 1.807) is 18.2 Å². The summed E-state index contributed by atoms with van der Waals surface area (Å²) in [5.74, 6) is 0.614. The monoisotopic (exact) mass is 289 g/mol. The van der Waals surface area contributed by atoms with Crippen LogP contribution in [0.2, 0.25) is 0 Å². The molecule has 0 saturated heterocycles. The Morgan fingerprint density at radius 3 is 2.50 bits per heavy atom. The summed E-state index contributed by atoms with van der Waals surface area (Å²) in [6, 6.07) is 20.5. The molecule has 0 aliphatic rings. The van der Waals surface area contributed by atoms with Gasteiger partial charge in [0, 0.05) is 17.0 Å². The Labute approximate surface area is 125 Å². The van der Waals surface area contributed by atoms with E-state index in [-0.39, 0.29) is 0 Å². The lowest BCUT2D eigenvalue weighted by Gasteiger charge is -1.98. The van der Waals surface area contributed by atoms with E-state index in [9.17, 15) is 4.79 Å². The molecule has 0 saturated carbocycles. The zero-order valence-electron chi connectivity index (χ0n) is 11.5. The third-order valence-electron chi connectivity index (χ3n) is 3.49. The molecule has 4 aromatic rings. The van der Waals surface area contributed by atoms with Gasteiger partial charge >= 0.3 is 5.63 Å². The second kappa shape index (κ2) is 5.00. The van der Waals surface area contributed by atoms with Crippen molar-refractivity contribution in [3.05, 3.63) is 77.2 Å². The molecule has 4 rings (SSSR count). The first kappa shape index (κ1) is 12.6. The maximum absolute atomic E-state index is 12.1. The van der Waals surface area contributed by atoms with Crippen molar-refractivity contribution in [2.24, 2.45) is 0 Å². The lowest BCUT2D eigenvalue weighted by molar-refractivity contribution is 0.434. The third-order valence-corrected chi connectivity index (χ3v) is 3.49. The molecule has 0 aliphatic carbocycles. The van der Waals surface area contributed by atoms with Gasteiger partial charge in [-0.25, -0.2) is 4.79 Å². The fourth-order valence-corrected chi connectivity index (χ4v) is 2.38. The SMILES string of the molecule is O=c1oc2ccccc2cc1-c1cc(-c2ccccc2)on1. The number of hydrogen-bond donors (Lipinski definition) is 0. The van der Waals surface area contributed by atoms with E-state index in [1.807, 2.05) is 48.5 Å². The average molecular weight is 289 g/mol.